The van der Waals surface area contributed by atoms with E-state index in [0.717, 1.165) is 12.8 Å². The first kappa shape index (κ1) is 17.4. The predicted octanol–water partition coefficient (Wildman–Crippen LogP) is 2.20. The lowest BCUT2D eigenvalue weighted by Gasteiger charge is -2.39. The molecule has 0 heterocycles. The molecule has 0 radical (unpaired) electrons. The third-order valence-electron chi connectivity index (χ3n) is 4.11. The largest absolute Gasteiger partial charge is 0.481 e. The summed E-state index contributed by atoms with van der Waals surface area (Å²) in [6, 6.07) is 5.39. The number of benzene rings is 1. The van der Waals surface area contributed by atoms with Crippen LogP contribution in [0.15, 0.2) is 24.3 Å². The highest BCUT2D eigenvalue weighted by molar-refractivity contribution is 6.31. The smallest absolute Gasteiger partial charge is 0.321 e. The van der Waals surface area contributed by atoms with Crippen LogP contribution >= 0.6 is 11.6 Å². The summed E-state index contributed by atoms with van der Waals surface area (Å²) in [4.78, 5) is 35.0. The molecule has 3 N–H and O–H groups in total. The molecule has 1 aromatic rings. The third kappa shape index (κ3) is 3.71. The van der Waals surface area contributed by atoms with Crippen molar-refractivity contribution in [3.05, 3.63) is 34.9 Å². The molecule has 0 bridgehead atoms. The van der Waals surface area contributed by atoms with Gasteiger partial charge >= 0.3 is 11.9 Å². The van der Waals surface area contributed by atoms with E-state index in [2.05, 4.69) is 5.32 Å². The molecule has 1 aliphatic rings. The molecule has 1 fully saturated rings. The zero-order chi connectivity index (χ0) is 17.0. The number of ketones is 1. The van der Waals surface area contributed by atoms with Crippen LogP contribution in [-0.2, 0) is 19.9 Å². The Labute approximate surface area is 138 Å². The second kappa shape index (κ2) is 7.10. The summed E-state index contributed by atoms with van der Waals surface area (Å²) in [5.74, 6) is -2.71. The van der Waals surface area contributed by atoms with Crippen molar-refractivity contribution in [3.63, 3.8) is 0 Å². The first-order valence-corrected chi connectivity index (χ1v) is 7.75. The number of nitrogens with one attached hydrogen (secondary N) is 1. The van der Waals surface area contributed by atoms with Gasteiger partial charge in [-0.3, -0.25) is 19.7 Å². The fraction of sp³-hybridized carbons (Fsp3) is 0.438. The van der Waals surface area contributed by atoms with Gasteiger partial charge in [-0.05, 0) is 24.5 Å². The Morgan fingerprint density at radius 3 is 2.52 bits per heavy atom. The monoisotopic (exact) mass is 339 g/mol. The van der Waals surface area contributed by atoms with Crippen molar-refractivity contribution in [2.75, 3.05) is 0 Å². The van der Waals surface area contributed by atoms with Crippen molar-refractivity contribution < 1.29 is 24.6 Å². The number of halogens is 1. The molecule has 0 aromatic heterocycles. The normalized spacial score (nSPS) is 22.6. The number of carbonyl (C=O) groups is 3. The molecule has 2 rings (SSSR count). The van der Waals surface area contributed by atoms with Crippen molar-refractivity contribution >= 4 is 29.3 Å². The molecular formula is C16H18ClNO5. The van der Waals surface area contributed by atoms with E-state index in [1.165, 1.54) is 0 Å². The summed E-state index contributed by atoms with van der Waals surface area (Å²) < 4.78 is 0. The third-order valence-corrected chi connectivity index (χ3v) is 4.44. The maximum Gasteiger partial charge on any atom is 0.321 e. The number of carbonyl (C=O) groups excluding carboxylic acids is 1. The summed E-state index contributed by atoms with van der Waals surface area (Å²) in [6.45, 7) is 0. The quantitative estimate of drug-likeness (QED) is 0.734. The number of hydrogen-bond acceptors (Lipinski definition) is 4. The van der Waals surface area contributed by atoms with Crippen molar-refractivity contribution in [1.29, 1.82) is 0 Å². The van der Waals surface area contributed by atoms with Gasteiger partial charge in [-0.2, -0.15) is 0 Å². The molecule has 0 unspecified atom stereocenters. The first-order chi connectivity index (χ1) is 10.9. The molecule has 0 saturated heterocycles. The number of carboxylic acids is 2. The molecule has 1 aliphatic carbocycles. The summed E-state index contributed by atoms with van der Waals surface area (Å²) in [6.07, 6.45) is 1.53. The fourth-order valence-electron chi connectivity index (χ4n) is 3.02. The lowest BCUT2D eigenvalue weighted by molar-refractivity contribution is -0.147. The lowest BCUT2D eigenvalue weighted by Crippen LogP contribution is -2.57. The standard InChI is InChI=1S/C16H18ClNO5/c17-11-6-2-1-5-10(11)16(8-4-3-7-13(16)19)18-12(15(22)23)9-14(20)21/h1-2,5-6,12,18H,3-4,7-9H2,(H,20,21)(H,22,23)/t12-,16+/m0/s1. The molecule has 1 aromatic carbocycles. The Morgan fingerprint density at radius 2 is 1.96 bits per heavy atom. The highest BCUT2D eigenvalue weighted by atomic mass is 35.5. The van der Waals surface area contributed by atoms with Crippen LogP contribution in [0, 0.1) is 0 Å². The Bertz CT molecular complexity index is 633. The van der Waals surface area contributed by atoms with Crippen LogP contribution in [0.2, 0.25) is 5.02 Å². The van der Waals surface area contributed by atoms with Gasteiger partial charge in [-0.25, -0.2) is 0 Å². The highest BCUT2D eigenvalue weighted by Gasteiger charge is 2.45. The van der Waals surface area contributed by atoms with Gasteiger partial charge in [0, 0.05) is 11.4 Å². The molecule has 6 nitrogen and oxygen atoms in total. The number of carboxylic acid groups (broad SMARTS) is 2. The van der Waals surface area contributed by atoms with Crippen LogP contribution < -0.4 is 5.32 Å². The van der Waals surface area contributed by atoms with Gasteiger partial charge in [-0.15, -0.1) is 0 Å². The summed E-state index contributed by atoms with van der Waals surface area (Å²) in [5, 5.41) is 21.4. The first-order valence-electron chi connectivity index (χ1n) is 7.37. The van der Waals surface area contributed by atoms with E-state index < -0.39 is 29.9 Å². The van der Waals surface area contributed by atoms with Crippen LogP contribution in [0.4, 0.5) is 0 Å². The molecule has 7 heteroatoms. The number of aliphatic carboxylic acids is 2. The van der Waals surface area contributed by atoms with Crippen molar-refractivity contribution in [3.8, 4) is 0 Å². The summed E-state index contributed by atoms with van der Waals surface area (Å²) >= 11 is 6.23. The van der Waals surface area contributed by atoms with Gasteiger partial charge in [0.15, 0.2) is 5.78 Å². The zero-order valence-electron chi connectivity index (χ0n) is 12.4. The van der Waals surface area contributed by atoms with E-state index in [0.29, 0.717) is 23.4 Å². The van der Waals surface area contributed by atoms with Crippen molar-refractivity contribution in [1.82, 2.24) is 5.32 Å². The van der Waals surface area contributed by atoms with Crippen molar-refractivity contribution in [2.45, 2.75) is 43.7 Å². The Balaban J connectivity index is 2.46. The maximum atomic E-state index is 12.7. The Hall–Kier alpha value is -1.92. The van der Waals surface area contributed by atoms with Gasteiger partial charge < -0.3 is 10.2 Å². The van der Waals surface area contributed by atoms with Crippen LogP contribution in [0.3, 0.4) is 0 Å². The van der Waals surface area contributed by atoms with E-state index in [4.69, 9.17) is 16.7 Å². The topological polar surface area (TPSA) is 104 Å². The highest BCUT2D eigenvalue weighted by Crippen LogP contribution is 2.38. The van der Waals surface area contributed by atoms with Crippen LogP contribution in [-0.4, -0.2) is 34.0 Å². The van der Waals surface area contributed by atoms with Gasteiger partial charge in [0.1, 0.15) is 11.6 Å². The summed E-state index contributed by atoms with van der Waals surface area (Å²) in [5.41, 5.74) is -0.752. The van der Waals surface area contributed by atoms with Crippen molar-refractivity contribution in [2.24, 2.45) is 0 Å². The molecular weight excluding hydrogens is 322 g/mol. The fourth-order valence-corrected chi connectivity index (χ4v) is 3.32. The minimum atomic E-state index is -1.37. The lowest BCUT2D eigenvalue weighted by atomic mass is 9.75. The minimum Gasteiger partial charge on any atom is -0.481 e. The number of rotatable bonds is 6. The Morgan fingerprint density at radius 1 is 1.26 bits per heavy atom. The predicted molar refractivity (Wildman–Crippen MR) is 83.4 cm³/mol. The van der Waals surface area contributed by atoms with Gasteiger partial charge in [-0.1, -0.05) is 36.2 Å². The molecule has 124 valence electrons. The number of Topliss-reactive ketones (excluding diaryl/α,β-unsaturated/α-hetero) is 1. The average Bonchev–Trinajstić information content (AvgIpc) is 2.49. The second-order valence-corrected chi connectivity index (χ2v) is 6.06. The second-order valence-electron chi connectivity index (χ2n) is 5.65. The summed E-state index contributed by atoms with van der Waals surface area (Å²) in [7, 11) is 0. The molecule has 0 aliphatic heterocycles. The molecule has 0 amide bonds. The van der Waals surface area contributed by atoms with Gasteiger partial charge in [0.05, 0.1) is 6.42 Å². The Kier molecular flexibility index (Phi) is 5.38. The van der Waals surface area contributed by atoms with Gasteiger partial charge in [0.25, 0.3) is 0 Å². The van der Waals surface area contributed by atoms with E-state index in [1.807, 2.05) is 0 Å². The molecule has 2 atom stereocenters. The van der Waals surface area contributed by atoms with Crippen LogP contribution in [0.1, 0.15) is 37.7 Å². The van der Waals surface area contributed by atoms with E-state index in [9.17, 15) is 19.5 Å². The van der Waals surface area contributed by atoms with Crippen LogP contribution in [0.25, 0.3) is 0 Å². The molecule has 1 saturated carbocycles. The SMILES string of the molecule is O=C(O)C[C@H](N[C@@]1(c2ccccc2Cl)CCCCC1=O)C(=O)O. The minimum absolute atomic E-state index is 0.159. The molecule has 0 spiro atoms. The average molecular weight is 340 g/mol. The number of hydrogen-bond donors (Lipinski definition) is 3. The molecule has 23 heavy (non-hydrogen) atoms. The van der Waals surface area contributed by atoms with Gasteiger partial charge in [0.2, 0.25) is 0 Å². The maximum absolute atomic E-state index is 12.7. The van der Waals surface area contributed by atoms with Crippen LogP contribution in [0.5, 0.6) is 0 Å². The zero-order valence-corrected chi connectivity index (χ0v) is 13.2. The van der Waals surface area contributed by atoms with E-state index in [-0.39, 0.29) is 5.78 Å². The van der Waals surface area contributed by atoms with E-state index in [1.54, 1.807) is 24.3 Å². The van der Waals surface area contributed by atoms with E-state index >= 15 is 0 Å².